The molecular formula is C12H15BrFNO2. The lowest BCUT2D eigenvalue weighted by Crippen LogP contribution is -2.22. The number of rotatable bonds is 4. The number of benzene rings is 1. The Balaban J connectivity index is 2.61. The average Bonchev–Trinajstić information content (AvgIpc) is 3.09. The molecule has 0 aromatic heterocycles. The molecule has 94 valence electrons. The maximum atomic E-state index is 14.4. The van der Waals surface area contributed by atoms with Crippen LogP contribution in [0, 0.1) is 5.82 Å². The normalized spacial score (nSPS) is 16.8. The molecular weight excluding hydrogens is 289 g/mol. The van der Waals surface area contributed by atoms with Crippen LogP contribution in [0.25, 0.3) is 0 Å². The van der Waals surface area contributed by atoms with Crippen molar-refractivity contribution in [2.75, 3.05) is 20.8 Å². The van der Waals surface area contributed by atoms with Gasteiger partial charge in [-0.15, -0.1) is 0 Å². The molecule has 0 aliphatic heterocycles. The lowest BCUT2D eigenvalue weighted by Gasteiger charge is -2.19. The van der Waals surface area contributed by atoms with Gasteiger partial charge in [0.25, 0.3) is 0 Å². The van der Waals surface area contributed by atoms with Crippen LogP contribution < -0.4 is 15.2 Å². The van der Waals surface area contributed by atoms with Crippen LogP contribution in [0.1, 0.15) is 18.4 Å². The Bertz CT molecular complexity index is 447. The number of hydrogen-bond acceptors (Lipinski definition) is 3. The summed E-state index contributed by atoms with van der Waals surface area (Å²) in [5, 5.41) is 0. The molecule has 1 saturated carbocycles. The second-order valence-electron chi connectivity index (χ2n) is 4.27. The smallest absolute Gasteiger partial charge is 0.197 e. The molecule has 17 heavy (non-hydrogen) atoms. The largest absolute Gasteiger partial charge is 0.493 e. The van der Waals surface area contributed by atoms with Crippen molar-refractivity contribution >= 4 is 15.9 Å². The van der Waals surface area contributed by atoms with Crippen molar-refractivity contribution in [1.29, 1.82) is 0 Å². The Kier molecular flexibility index (Phi) is 3.32. The van der Waals surface area contributed by atoms with E-state index in [4.69, 9.17) is 15.2 Å². The van der Waals surface area contributed by atoms with Crippen molar-refractivity contribution < 1.29 is 13.9 Å². The van der Waals surface area contributed by atoms with Crippen molar-refractivity contribution in [3.8, 4) is 11.5 Å². The lowest BCUT2D eigenvalue weighted by molar-refractivity contribution is 0.334. The highest BCUT2D eigenvalue weighted by Gasteiger charge is 2.47. The molecule has 2 N–H and O–H groups in total. The summed E-state index contributed by atoms with van der Waals surface area (Å²) in [5.74, 6) is 0.153. The van der Waals surface area contributed by atoms with E-state index in [9.17, 15) is 4.39 Å². The maximum Gasteiger partial charge on any atom is 0.197 e. The Morgan fingerprint density at radius 1 is 1.41 bits per heavy atom. The molecule has 1 fully saturated rings. The predicted octanol–water partition coefficient (Wildman–Crippen LogP) is 2.60. The average molecular weight is 304 g/mol. The van der Waals surface area contributed by atoms with E-state index in [2.05, 4.69) is 15.9 Å². The number of ether oxygens (including phenoxy) is 2. The molecule has 0 amide bonds. The van der Waals surface area contributed by atoms with Crippen molar-refractivity contribution in [3.63, 3.8) is 0 Å². The molecule has 0 radical (unpaired) electrons. The topological polar surface area (TPSA) is 44.5 Å². The third-order valence-electron chi connectivity index (χ3n) is 3.34. The van der Waals surface area contributed by atoms with E-state index in [1.165, 1.54) is 14.2 Å². The SMILES string of the molecule is COc1cc(Br)c(C2(CN)CC2)c(F)c1OC. The van der Waals surface area contributed by atoms with Crippen molar-refractivity contribution in [2.45, 2.75) is 18.3 Å². The quantitative estimate of drug-likeness (QED) is 0.930. The summed E-state index contributed by atoms with van der Waals surface area (Å²) in [6, 6.07) is 1.73. The van der Waals surface area contributed by atoms with Gasteiger partial charge in [0.05, 0.1) is 14.2 Å². The summed E-state index contributed by atoms with van der Waals surface area (Å²) in [5.41, 5.74) is 6.12. The standard InChI is InChI=1S/C12H15BrFNO2/c1-16-8-5-7(13)9(10(14)11(8)17-2)12(6-15)3-4-12/h5H,3-4,6,15H2,1-2H3. The van der Waals surface area contributed by atoms with E-state index in [1.54, 1.807) is 6.07 Å². The monoisotopic (exact) mass is 303 g/mol. The highest BCUT2D eigenvalue weighted by Crippen LogP contribution is 2.53. The van der Waals surface area contributed by atoms with Crippen LogP contribution in [0.5, 0.6) is 11.5 Å². The summed E-state index contributed by atoms with van der Waals surface area (Å²) in [7, 11) is 2.92. The van der Waals surface area contributed by atoms with E-state index in [1.807, 2.05) is 0 Å². The van der Waals surface area contributed by atoms with Crippen LogP contribution in [0.4, 0.5) is 4.39 Å². The van der Waals surface area contributed by atoms with Gasteiger partial charge in [-0.25, -0.2) is 4.39 Å². The van der Waals surface area contributed by atoms with E-state index in [-0.39, 0.29) is 17.0 Å². The molecule has 1 aromatic carbocycles. The molecule has 1 aromatic rings. The van der Waals surface area contributed by atoms with Crippen LogP contribution >= 0.6 is 15.9 Å². The van der Waals surface area contributed by atoms with E-state index < -0.39 is 0 Å². The van der Waals surface area contributed by atoms with Gasteiger partial charge in [0.1, 0.15) is 0 Å². The second kappa shape index (κ2) is 4.46. The van der Waals surface area contributed by atoms with Gasteiger partial charge in [-0.1, -0.05) is 15.9 Å². The van der Waals surface area contributed by atoms with Crippen LogP contribution in [-0.2, 0) is 5.41 Å². The van der Waals surface area contributed by atoms with Gasteiger partial charge in [0.2, 0.25) is 0 Å². The summed E-state index contributed by atoms with van der Waals surface area (Å²) in [4.78, 5) is 0. The highest BCUT2D eigenvalue weighted by molar-refractivity contribution is 9.10. The zero-order chi connectivity index (χ0) is 12.6. The molecule has 0 atom stereocenters. The fraction of sp³-hybridized carbons (Fsp3) is 0.500. The zero-order valence-electron chi connectivity index (χ0n) is 9.85. The van der Waals surface area contributed by atoms with Gasteiger partial charge in [0.15, 0.2) is 17.3 Å². The first-order chi connectivity index (χ1) is 8.09. The zero-order valence-corrected chi connectivity index (χ0v) is 11.4. The number of hydrogen-bond donors (Lipinski definition) is 1. The van der Waals surface area contributed by atoms with E-state index in [0.29, 0.717) is 22.3 Å². The molecule has 1 aliphatic carbocycles. The fourth-order valence-electron chi connectivity index (χ4n) is 2.11. The first-order valence-corrected chi connectivity index (χ1v) is 6.19. The summed E-state index contributed by atoms with van der Waals surface area (Å²) in [6.45, 7) is 0.442. The lowest BCUT2D eigenvalue weighted by atomic mass is 9.95. The molecule has 2 rings (SSSR count). The van der Waals surface area contributed by atoms with Crippen molar-refractivity contribution in [1.82, 2.24) is 0 Å². The van der Waals surface area contributed by atoms with Gasteiger partial charge in [-0.3, -0.25) is 0 Å². The predicted molar refractivity (Wildman–Crippen MR) is 67.2 cm³/mol. The third kappa shape index (κ3) is 1.91. The minimum atomic E-state index is -0.373. The Morgan fingerprint density at radius 3 is 2.47 bits per heavy atom. The van der Waals surface area contributed by atoms with Gasteiger partial charge in [-0.05, 0) is 18.9 Å². The third-order valence-corrected chi connectivity index (χ3v) is 3.96. The van der Waals surface area contributed by atoms with E-state index in [0.717, 1.165) is 12.8 Å². The molecule has 0 bridgehead atoms. The van der Waals surface area contributed by atoms with Crippen molar-refractivity contribution in [3.05, 3.63) is 21.9 Å². The molecule has 0 saturated heterocycles. The summed E-state index contributed by atoms with van der Waals surface area (Å²) in [6.07, 6.45) is 1.82. The molecule has 0 heterocycles. The molecule has 5 heteroatoms. The minimum Gasteiger partial charge on any atom is -0.493 e. The number of nitrogens with two attached hydrogens (primary N) is 1. The van der Waals surface area contributed by atoms with Crippen LogP contribution in [0.3, 0.4) is 0 Å². The second-order valence-corrected chi connectivity index (χ2v) is 5.12. The first-order valence-electron chi connectivity index (χ1n) is 5.40. The number of halogens is 2. The Morgan fingerprint density at radius 2 is 2.06 bits per heavy atom. The van der Waals surface area contributed by atoms with Crippen LogP contribution in [0.15, 0.2) is 10.5 Å². The first kappa shape index (κ1) is 12.6. The van der Waals surface area contributed by atoms with Crippen molar-refractivity contribution in [2.24, 2.45) is 5.73 Å². The Hall–Kier alpha value is -0.810. The molecule has 1 aliphatic rings. The maximum absolute atomic E-state index is 14.4. The minimum absolute atomic E-state index is 0.144. The summed E-state index contributed by atoms with van der Waals surface area (Å²) < 4.78 is 25.3. The van der Waals surface area contributed by atoms with Gasteiger partial charge in [0, 0.05) is 22.0 Å². The highest BCUT2D eigenvalue weighted by atomic mass is 79.9. The number of methoxy groups -OCH3 is 2. The van der Waals surface area contributed by atoms with Crippen LogP contribution in [-0.4, -0.2) is 20.8 Å². The molecule has 0 spiro atoms. The van der Waals surface area contributed by atoms with Crippen LogP contribution in [0.2, 0.25) is 0 Å². The molecule has 0 unspecified atom stereocenters. The van der Waals surface area contributed by atoms with Gasteiger partial charge < -0.3 is 15.2 Å². The van der Waals surface area contributed by atoms with E-state index >= 15 is 0 Å². The van der Waals surface area contributed by atoms with Gasteiger partial charge >= 0.3 is 0 Å². The van der Waals surface area contributed by atoms with Gasteiger partial charge in [-0.2, -0.15) is 0 Å². The fourth-order valence-corrected chi connectivity index (χ4v) is 2.92. The summed E-state index contributed by atoms with van der Waals surface area (Å²) >= 11 is 3.39. The molecule has 3 nitrogen and oxygen atoms in total. The Labute approximate surface area is 108 Å².